The van der Waals surface area contributed by atoms with Gasteiger partial charge in [0.05, 0.1) is 13.2 Å². The van der Waals surface area contributed by atoms with Gasteiger partial charge in [0.25, 0.3) is 0 Å². The van der Waals surface area contributed by atoms with Crippen molar-refractivity contribution in [2.45, 2.75) is 25.2 Å². The van der Waals surface area contributed by atoms with E-state index in [1.807, 2.05) is 37.3 Å². The second kappa shape index (κ2) is 6.33. The molecule has 2 nitrogen and oxygen atoms in total. The Morgan fingerprint density at radius 2 is 1.74 bits per heavy atom. The maximum absolute atomic E-state index is 9.77. The first-order valence-corrected chi connectivity index (χ1v) is 7.39. The number of hydrogen-bond donors (Lipinski definition) is 2. The van der Waals surface area contributed by atoms with Crippen LogP contribution in [0.1, 0.15) is 22.4 Å². The standard InChI is InChI=1S/C16H20O2S/c1-13-4-6-14(7-5-13)16(11-17,12-18)9-8-15-3-2-10-19-15/h2-7,10,17-18H,8-9,11-12H2,1H3. The third kappa shape index (κ3) is 3.24. The van der Waals surface area contributed by atoms with Gasteiger partial charge in [-0.3, -0.25) is 0 Å². The van der Waals surface area contributed by atoms with Gasteiger partial charge in [-0.05, 0) is 36.8 Å². The molecule has 19 heavy (non-hydrogen) atoms. The molecule has 0 unspecified atom stereocenters. The van der Waals surface area contributed by atoms with Crippen LogP contribution in [0, 0.1) is 6.92 Å². The molecule has 1 aromatic carbocycles. The topological polar surface area (TPSA) is 40.5 Å². The van der Waals surface area contributed by atoms with Crippen molar-refractivity contribution in [2.75, 3.05) is 13.2 Å². The van der Waals surface area contributed by atoms with Crippen LogP contribution in [0.3, 0.4) is 0 Å². The minimum absolute atomic E-state index is 0.0298. The minimum atomic E-state index is -0.544. The van der Waals surface area contributed by atoms with E-state index >= 15 is 0 Å². The third-order valence-corrected chi connectivity index (χ3v) is 4.64. The van der Waals surface area contributed by atoms with Gasteiger partial charge in [0.1, 0.15) is 0 Å². The van der Waals surface area contributed by atoms with E-state index in [-0.39, 0.29) is 13.2 Å². The average molecular weight is 276 g/mol. The summed E-state index contributed by atoms with van der Waals surface area (Å²) in [5, 5.41) is 21.6. The smallest absolute Gasteiger partial charge is 0.0550 e. The molecule has 0 fully saturated rings. The number of hydrogen-bond acceptors (Lipinski definition) is 3. The highest BCUT2D eigenvalue weighted by atomic mass is 32.1. The monoisotopic (exact) mass is 276 g/mol. The van der Waals surface area contributed by atoms with Gasteiger partial charge in [-0.2, -0.15) is 0 Å². The molecule has 2 rings (SSSR count). The summed E-state index contributed by atoms with van der Waals surface area (Å²) in [4.78, 5) is 1.29. The SMILES string of the molecule is Cc1ccc(C(CO)(CO)CCc2cccs2)cc1. The number of aliphatic hydroxyl groups excluding tert-OH is 2. The highest BCUT2D eigenvalue weighted by Gasteiger charge is 2.30. The summed E-state index contributed by atoms with van der Waals surface area (Å²) in [5.74, 6) is 0. The zero-order chi connectivity index (χ0) is 13.7. The van der Waals surface area contributed by atoms with Crippen LogP contribution in [0.15, 0.2) is 41.8 Å². The number of benzene rings is 1. The predicted octanol–water partition coefficient (Wildman–Crippen LogP) is 2.91. The van der Waals surface area contributed by atoms with E-state index in [9.17, 15) is 10.2 Å². The van der Waals surface area contributed by atoms with E-state index in [0.29, 0.717) is 0 Å². The predicted molar refractivity (Wildman–Crippen MR) is 79.7 cm³/mol. The van der Waals surface area contributed by atoms with Gasteiger partial charge < -0.3 is 10.2 Å². The summed E-state index contributed by atoms with van der Waals surface area (Å²) >= 11 is 1.72. The van der Waals surface area contributed by atoms with Gasteiger partial charge in [0.2, 0.25) is 0 Å². The highest BCUT2D eigenvalue weighted by Crippen LogP contribution is 2.30. The van der Waals surface area contributed by atoms with Crippen molar-refractivity contribution < 1.29 is 10.2 Å². The van der Waals surface area contributed by atoms with E-state index in [1.165, 1.54) is 10.4 Å². The quantitative estimate of drug-likeness (QED) is 0.851. The molecule has 0 aliphatic rings. The number of thiophene rings is 1. The van der Waals surface area contributed by atoms with Crippen LogP contribution in [-0.2, 0) is 11.8 Å². The normalized spacial score (nSPS) is 11.7. The van der Waals surface area contributed by atoms with Crippen molar-refractivity contribution in [3.05, 3.63) is 57.8 Å². The molecule has 102 valence electrons. The molecule has 0 aliphatic carbocycles. The first kappa shape index (κ1) is 14.3. The Bertz CT molecular complexity index is 484. The van der Waals surface area contributed by atoms with Crippen LogP contribution in [0.4, 0.5) is 0 Å². The van der Waals surface area contributed by atoms with E-state index in [4.69, 9.17) is 0 Å². The summed E-state index contributed by atoms with van der Waals surface area (Å²) in [5.41, 5.74) is 1.66. The average Bonchev–Trinajstić information content (AvgIpc) is 2.95. The lowest BCUT2D eigenvalue weighted by Crippen LogP contribution is -2.35. The first-order chi connectivity index (χ1) is 9.20. The molecule has 0 radical (unpaired) electrons. The first-order valence-electron chi connectivity index (χ1n) is 6.51. The van der Waals surface area contributed by atoms with Crippen molar-refractivity contribution in [1.29, 1.82) is 0 Å². The lowest BCUT2D eigenvalue weighted by Gasteiger charge is -2.30. The zero-order valence-electron chi connectivity index (χ0n) is 11.2. The number of aryl methyl sites for hydroxylation is 2. The fraction of sp³-hybridized carbons (Fsp3) is 0.375. The van der Waals surface area contributed by atoms with Crippen molar-refractivity contribution >= 4 is 11.3 Å². The Hall–Kier alpha value is -1.16. The summed E-state index contributed by atoms with van der Waals surface area (Å²) in [7, 11) is 0. The molecule has 0 amide bonds. The maximum Gasteiger partial charge on any atom is 0.0550 e. The molecular weight excluding hydrogens is 256 g/mol. The number of rotatable bonds is 6. The Labute approximate surface area is 118 Å². The lowest BCUT2D eigenvalue weighted by atomic mass is 9.77. The largest absolute Gasteiger partial charge is 0.395 e. The van der Waals surface area contributed by atoms with Crippen molar-refractivity contribution in [3.63, 3.8) is 0 Å². The maximum atomic E-state index is 9.77. The molecule has 1 heterocycles. The zero-order valence-corrected chi connectivity index (χ0v) is 12.0. The third-order valence-electron chi connectivity index (χ3n) is 3.70. The van der Waals surface area contributed by atoms with E-state index in [0.717, 1.165) is 18.4 Å². The lowest BCUT2D eigenvalue weighted by molar-refractivity contribution is 0.110. The van der Waals surface area contributed by atoms with Crippen LogP contribution < -0.4 is 0 Å². The summed E-state index contributed by atoms with van der Waals surface area (Å²) < 4.78 is 0. The fourth-order valence-electron chi connectivity index (χ4n) is 2.26. The van der Waals surface area contributed by atoms with E-state index < -0.39 is 5.41 Å². The van der Waals surface area contributed by atoms with Gasteiger partial charge in [-0.15, -0.1) is 11.3 Å². The second-order valence-electron chi connectivity index (χ2n) is 5.04. The van der Waals surface area contributed by atoms with Crippen LogP contribution >= 0.6 is 11.3 Å². The molecular formula is C16H20O2S. The molecule has 0 bridgehead atoms. The van der Waals surface area contributed by atoms with Gasteiger partial charge in [-0.25, -0.2) is 0 Å². The Morgan fingerprint density at radius 1 is 1.05 bits per heavy atom. The molecule has 0 saturated heterocycles. The van der Waals surface area contributed by atoms with Crippen LogP contribution in [0.25, 0.3) is 0 Å². The van der Waals surface area contributed by atoms with Gasteiger partial charge >= 0.3 is 0 Å². The summed E-state index contributed by atoms with van der Waals surface area (Å²) in [6, 6.07) is 12.2. The molecule has 2 aromatic rings. The summed E-state index contributed by atoms with van der Waals surface area (Å²) in [6.45, 7) is 1.98. The number of aliphatic hydroxyl groups is 2. The highest BCUT2D eigenvalue weighted by molar-refractivity contribution is 7.09. The van der Waals surface area contributed by atoms with Crippen LogP contribution in [0.5, 0.6) is 0 Å². The molecule has 0 atom stereocenters. The van der Waals surface area contributed by atoms with E-state index in [2.05, 4.69) is 11.4 Å². The Balaban J connectivity index is 2.19. The van der Waals surface area contributed by atoms with Crippen molar-refractivity contribution in [3.8, 4) is 0 Å². The molecule has 0 aliphatic heterocycles. The van der Waals surface area contributed by atoms with Crippen LogP contribution in [-0.4, -0.2) is 23.4 Å². The van der Waals surface area contributed by atoms with Gasteiger partial charge in [-0.1, -0.05) is 35.9 Å². The van der Waals surface area contributed by atoms with Gasteiger partial charge in [0, 0.05) is 10.3 Å². The molecule has 3 heteroatoms. The molecule has 0 spiro atoms. The molecule has 2 N–H and O–H groups in total. The molecule has 1 aromatic heterocycles. The molecule has 0 saturated carbocycles. The fourth-order valence-corrected chi connectivity index (χ4v) is 2.97. The van der Waals surface area contributed by atoms with Crippen molar-refractivity contribution in [1.82, 2.24) is 0 Å². The Morgan fingerprint density at radius 3 is 2.26 bits per heavy atom. The second-order valence-corrected chi connectivity index (χ2v) is 6.07. The van der Waals surface area contributed by atoms with Gasteiger partial charge in [0.15, 0.2) is 0 Å². The Kier molecular flexibility index (Phi) is 4.75. The van der Waals surface area contributed by atoms with Crippen LogP contribution in [0.2, 0.25) is 0 Å². The minimum Gasteiger partial charge on any atom is -0.395 e. The van der Waals surface area contributed by atoms with Crippen molar-refractivity contribution in [2.24, 2.45) is 0 Å². The van der Waals surface area contributed by atoms with E-state index in [1.54, 1.807) is 11.3 Å². The summed E-state index contributed by atoms with van der Waals surface area (Å²) in [6.07, 6.45) is 1.64.